The molecule has 0 radical (unpaired) electrons. The fourth-order valence-electron chi connectivity index (χ4n) is 2.34. The van der Waals surface area contributed by atoms with Crippen LogP contribution in [0.25, 0.3) is 0 Å². The van der Waals surface area contributed by atoms with Crippen molar-refractivity contribution in [3.63, 3.8) is 0 Å². The summed E-state index contributed by atoms with van der Waals surface area (Å²) in [7, 11) is 4.04. The van der Waals surface area contributed by atoms with Crippen LogP contribution in [-0.2, 0) is 9.53 Å². The Morgan fingerprint density at radius 2 is 2.05 bits per heavy atom. The molecule has 0 saturated carbocycles. The number of oxime groups is 1. The van der Waals surface area contributed by atoms with Gasteiger partial charge in [0, 0.05) is 19.8 Å². The van der Waals surface area contributed by atoms with Crippen LogP contribution in [0.2, 0.25) is 0 Å². The van der Waals surface area contributed by atoms with Gasteiger partial charge in [-0.2, -0.15) is 0 Å². The van der Waals surface area contributed by atoms with Crippen LogP contribution in [-0.4, -0.2) is 62.2 Å². The highest BCUT2D eigenvalue weighted by Gasteiger charge is 2.44. The first-order valence-corrected chi connectivity index (χ1v) is 7.02. The molecule has 7 nitrogen and oxygen atoms in total. The van der Waals surface area contributed by atoms with E-state index in [0.29, 0.717) is 32.6 Å². The maximum Gasteiger partial charge on any atom is 0.234 e. The van der Waals surface area contributed by atoms with Crippen LogP contribution in [0.3, 0.4) is 0 Å². The van der Waals surface area contributed by atoms with Crippen molar-refractivity contribution < 1.29 is 14.7 Å². The minimum Gasteiger partial charge on any atom is -0.409 e. The molecule has 0 unspecified atom stereocenters. The summed E-state index contributed by atoms with van der Waals surface area (Å²) < 4.78 is 5.26. The van der Waals surface area contributed by atoms with E-state index < -0.39 is 5.41 Å². The van der Waals surface area contributed by atoms with Gasteiger partial charge in [-0.3, -0.25) is 4.79 Å². The minimum absolute atomic E-state index is 0.0217. The van der Waals surface area contributed by atoms with Crippen LogP contribution >= 0.6 is 0 Å². The van der Waals surface area contributed by atoms with Crippen LogP contribution in [0.4, 0.5) is 0 Å². The molecule has 0 aromatic carbocycles. The van der Waals surface area contributed by atoms with E-state index in [9.17, 15) is 4.79 Å². The molecule has 7 heteroatoms. The quantitative estimate of drug-likeness (QED) is 0.201. The number of rotatable bonds is 7. The zero-order chi connectivity index (χ0) is 15.0. The lowest BCUT2D eigenvalue weighted by Crippen LogP contribution is -2.52. The highest BCUT2D eigenvalue weighted by atomic mass is 16.5. The van der Waals surface area contributed by atoms with Crippen molar-refractivity contribution in [2.45, 2.75) is 25.7 Å². The highest BCUT2D eigenvalue weighted by molar-refractivity contribution is 6.06. The van der Waals surface area contributed by atoms with E-state index in [2.05, 4.69) is 15.4 Å². The zero-order valence-corrected chi connectivity index (χ0v) is 12.4. The minimum atomic E-state index is -0.922. The van der Waals surface area contributed by atoms with E-state index in [1.54, 1.807) is 0 Å². The molecule has 1 rings (SSSR count). The Hall–Kier alpha value is -1.34. The summed E-state index contributed by atoms with van der Waals surface area (Å²) in [6.07, 6.45) is 2.83. The van der Waals surface area contributed by atoms with E-state index in [0.717, 1.165) is 19.4 Å². The molecular formula is C13H26N4O3. The predicted octanol–water partition coefficient (Wildman–Crippen LogP) is -0.0124. The number of carbonyl (C=O) groups excluding carboxylic acids is 1. The number of nitrogens with two attached hydrogens (primary N) is 1. The van der Waals surface area contributed by atoms with Crippen molar-refractivity contribution in [3.05, 3.63) is 0 Å². The van der Waals surface area contributed by atoms with Gasteiger partial charge in [0.25, 0.3) is 0 Å². The first-order valence-electron chi connectivity index (χ1n) is 7.02. The van der Waals surface area contributed by atoms with Gasteiger partial charge >= 0.3 is 0 Å². The van der Waals surface area contributed by atoms with E-state index in [4.69, 9.17) is 15.7 Å². The number of carbonyl (C=O) groups is 1. The molecule has 1 heterocycles. The topological polar surface area (TPSA) is 100 Å². The Morgan fingerprint density at radius 1 is 1.40 bits per heavy atom. The van der Waals surface area contributed by atoms with Crippen molar-refractivity contribution in [1.82, 2.24) is 10.2 Å². The third-order valence-corrected chi connectivity index (χ3v) is 3.70. The molecule has 0 atom stereocenters. The molecule has 1 fully saturated rings. The third kappa shape index (κ3) is 4.35. The number of unbranched alkanes of at least 4 members (excludes halogenated alkanes) is 1. The summed E-state index contributed by atoms with van der Waals surface area (Å²) in [5.74, 6) is -0.187. The fourth-order valence-corrected chi connectivity index (χ4v) is 2.34. The molecular weight excluding hydrogens is 260 g/mol. The maximum atomic E-state index is 12.4. The van der Waals surface area contributed by atoms with Gasteiger partial charge in [0.15, 0.2) is 5.84 Å². The van der Waals surface area contributed by atoms with E-state index in [1.165, 1.54) is 0 Å². The predicted molar refractivity (Wildman–Crippen MR) is 76.7 cm³/mol. The Bertz CT molecular complexity index is 339. The summed E-state index contributed by atoms with van der Waals surface area (Å²) in [6.45, 7) is 2.50. The largest absolute Gasteiger partial charge is 0.409 e. The average molecular weight is 286 g/mol. The van der Waals surface area contributed by atoms with Gasteiger partial charge < -0.3 is 25.9 Å². The third-order valence-electron chi connectivity index (χ3n) is 3.70. The number of hydrogen-bond donors (Lipinski definition) is 3. The molecule has 0 bridgehead atoms. The number of ether oxygens (including phenoxy) is 1. The monoisotopic (exact) mass is 286 g/mol. The second kappa shape index (κ2) is 8.06. The van der Waals surface area contributed by atoms with Gasteiger partial charge in [0.2, 0.25) is 5.91 Å². The Morgan fingerprint density at radius 3 is 2.60 bits per heavy atom. The lowest BCUT2D eigenvalue weighted by atomic mass is 9.78. The summed E-state index contributed by atoms with van der Waals surface area (Å²) in [6, 6.07) is 0. The molecule has 20 heavy (non-hydrogen) atoms. The van der Waals surface area contributed by atoms with Crippen LogP contribution in [0, 0.1) is 5.41 Å². The standard InChI is InChI=1S/C13H26N4O3/c1-17(2)8-4-3-7-15-12(18)13(11(14)16-19)5-9-20-10-6-13/h19H,3-10H2,1-2H3,(H2,14,16)(H,15,18). The van der Waals surface area contributed by atoms with Crippen LogP contribution in [0.15, 0.2) is 5.16 Å². The Balaban J connectivity index is 2.48. The smallest absolute Gasteiger partial charge is 0.234 e. The summed E-state index contributed by atoms with van der Waals surface area (Å²) >= 11 is 0. The van der Waals surface area contributed by atoms with Crippen LogP contribution < -0.4 is 11.1 Å². The molecule has 1 amide bonds. The van der Waals surface area contributed by atoms with Gasteiger partial charge in [0.1, 0.15) is 5.41 Å². The summed E-state index contributed by atoms with van der Waals surface area (Å²) in [4.78, 5) is 14.5. The van der Waals surface area contributed by atoms with Crippen molar-refractivity contribution in [2.75, 3.05) is 40.4 Å². The maximum absolute atomic E-state index is 12.4. The first-order chi connectivity index (χ1) is 9.53. The molecule has 1 aliphatic heterocycles. The molecule has 0 spiro atoms. The number of amides is 1. The van der Waals surface area contributed by atoms with E-state index in [1.807, 2.05) is 14.1 Å². The van der Waals surface area contributed by atoms with Gasteiger partial charge in [-0.1, -0.05) is 5.16 Å². The molecule has 0 aliphatic carbocycles. The molecule has 116 valence electrons. The van der Waals surface area contributed by atoms with Crippen molar-refractivity contribution >= 4 is 11.7 Å². The molecule has 1 saturated heterocycles. The number of nitrogens with one attached hydrogen (secondary N) is 1. The second-order valence-electron chi connectivity index (χ2n) is 5.45. The zero-order valence-electron chi connectivity index (χ0n) is 12.4. The lowest BCUT2D eigenvalue weighted by Gasteiger charge is -2.34. The number of nitrogens with zero attached hydrogens (tertiary/aromatic N) is 2. The van der Waals surface area contributed by atoms with Gasteiger partial charge in [-0.15, -0.1) is 0 Å². The summed E-state index contributed by atoms with van der Waals surface area (Å²) in [5.41, 5.74) is 4.81. The van der Waals surface area contributed by atoms with E-state index >= 15 is 0 Å². The van der Waals surface area contributed by atoms with Crippen LogP contribution in [0.5, 0.6) is 0 Å². The summed E-state index contributed by atoms with van der Waals surface area (Å²) in [5, 5.41) is 14.9. The van der Waals surface area contributed by atoms with Crippen LogP contribution in [0.1, 0.15) is 25.7 Å². The molecule has 0 aromatic heterocycles. The SMILES string of the molecule is CN(C)CCCCNC(=O)C1(C(N)=NO)CCOCC1. The fraction of sp³-hybridized carbons (Fsp3) is 0.846. The van der Waals surface area contributed by atoms with E-state index in [-0.39, 0.29) is 11.7 Å². The molecule has 1 aliphatic rings. The van der Waals surface area contributed by atoms with Crippen molar-refractivity contribution in [3.8, 4) is 0 Å². The molecule has 0 aromatic rings. The average Bonchev–Trinajstić information content (AvgIpc) is 2.46. The normalized spacial score (nSPS) is 19.1. The first kappa shape index (κ1) is 16.7. The number of amidine groups is 1. The Kier molecular flexibility index (Phi) is 6.74. The lowest BCUT2D eigenvalue weighted by molar-refractivity contribution is -0.131. The van der Waals surface area contributed by atoms with Gasteiger partial charge in [-0.25, -0.2) is 0 Å². The Labute approximate surface area is 120 Å². The van der Waals surface area contributed by atoms with Crippen molar-refractivity contribution in [1.29, 1.82) is 0 Å². The van der Waals surface area contributed by atoms with Gasteiger partial charge in [0.05, 0.1) is 0 Å². The number of hydrogen-bond acceptors (Lipinski definition) is 5. The molecule has 4 N–H and O–H groups in total. The van der Waals surface area contributed by atoms with Gasteiger partial charge in [-0.05, 0) is 46.3 Å². The van der Waals surface area contributed by atoms with Crippen molar-refractivity contribution in [2.24, 2.45) is 16.3 Å². The highest BCUT2D eigenvalue weighted by Crippen LogP contribution is 2.31. The second-order valence-corrected chi connectivity index (χ2v) is 5.45.